The van der Waals surface area contributed by atoms with Crippen molar-refractivity contribution in [2.24, 2.45) is 10.9 Å². The quantitative estimate of drug-likeness (QED) is 0.445. The monoisotopic (exact) mass is 495 g/mol. The van der Waals surface area contributed by atoms with Crippen molar-refractivity contribution in [1.82, 2.24) is 15.2 Å². The molecule has 0 saturated carbocycles. The number of nitrogens with zero attached hydrogens (tertiary/aromatic N) is 2. The normalized spacial score (nSPS) is 25.6. The number of halogens is 1. The highest BCUT2D eigenvalue weighted by atomic mass is 19.1. The Balaban J connectivity index is 1.49. The Morgan fingerprint density at radius 2 is 2.19 bits per heavy atom. The van der Waals surface area contributed by atoms with Crippen molar-refractivity contribution in [3.63, 3.8) is 0 Å². The van der Waals surface area contributed by atoms with Crippen molar-refractivity contribution in [2.75, 3.05) is 38.6 Å². The Morgan fingerprint density at radius 1 is 1.33 bits per heavy atom. The molecule has 3 aliphatic rings. The van der Waals surface area contributed by atoms with E-state index in [1.165, 1.54) is 13.2 Å². The molecule has 4 N–H and O–H groups in total. The minimum Gasteiger partial charge on any atom is -0.492 e. The summed E-state index contributed by atoms with van der Waals surface area (Å²) in [5.41, 5.74) is 3.48. The first kappa shape index (κ1) is 24.5. The number of β-amino-alcohol motifs (C(OH)–C–C–N with tert-alkyl or cyclic N) is 1. The zero-order chi connectivity index (χ0) is 25.2. The van der Waals surface area contributed by atoms with Gasteiger partial charge >= 0.3 is 0 Å². The predicted molar refractivity (Wildman–Crippen MR) is 138 cm³/mol. The van der Waals surface area contributed by atoms with Gasteiger partial charge in [-0.15, -0.1) is 0 Å². The van der Waals surface area contributed by atoms with Gasteiger partial charge in [-0.2, -0.15) is 0 Å². The number of aliphatic hydroxyl groups excluding tert-OH is 1. The molecule has 1 fully saturated rings. The third-order valence-corrected chi connectivity index (χ3v) is 7.51. The summed E-state index contributed by atoms with van der Waals surface area (Å²) in [6, 6.07) is 4.71. The molecule has 0 spiro atoms. The first-order chi connectivity index (χ1) is 17.5. The highest BCUT2D eigenvalue weighted by Gasteiger charge is 2.35. The fourth-order valence-electron chi connectivity index (χ4n) is 5.60. The van der Waals surface area contributed by atoms with Crippen molar-refractivity contribution in [3.8, 4) is 5.75 Å². The number of hydrogen-bond acceptors (Lipinski definition) is 6. The van der Waals surface area contributed by atoms with Crippen LogP contribution in [0.5, 0.6) is 5.75 Å². The van der Waals surface area contributed by atoms with E-state index in [0.29, 0.717) is 23.5 Å². The van der Waals surface area contributed by atoms with Crippen molar-refractivity contribution in [2.45, 2.75) is 44.1 Å². The maximum atomic E-state index is 14.5. The molecule has 5 rings (SSSR count). The number of carbonyl (C=O) groups is 1. The zero-order valence-electron chi connectivity index (χ0n) is 20.8. The van der Waals surface area contributed by atoms with Gasteiger partial charge in [0.15, 0.2) is 11.6 Å². The number of para-hydroxylation sites is 1. The molecule has 1 amide bonds. The van der Waals surface area contributed by atoms with E-state index >= 15 is 0 Å². The Labute approximate surface area is 210 Å². The van der Waals surface area contributed by atoms with Gasteiger partial charge in [0.2, 0.25) is 0 Å². The fourth-order valence-corrected chi connectivity index (χ4v) is 5.60. The number of rotatable bonds is 8. The van der Waals surface area contributed by atoms with Crippen LogP contribution in [-0.2, 0) is 0 Å². The Bertz CT molecular complexity index is 1180. The highest BCUT2D eigenvalue weighted by molar-refractivity contribution is 6.04. The number of carbonyl (C=O) groups excluding carboxylic acids is 1. The minimum absolute atomic E-state index is 0.0188. The van der Waals surface area contributed by atoms with E-state index in [0.717, 1.165) is 50.3 Å². The number of aromatic nitrogens is 1. The molecular formula is C27H34FN5O3. The van der Waals surface area contributed by atoms with Crippen molar-refractivity contribution in [1.29, 1.82) is 0 Å². The van der Waals surface area contributed by atoms with Crippen LogP contribution in [-0.4, -0.2) is 66.5 Å². The second kappa shape index (κ2) is 10.4. The van der Waals surface area contributed by atoms with Gasteiger partial charge in [0, 0.05) is 61.2 Å². The zero-order valence-corrected chi connectivity index (χ0v) is 20.8. The van der Waals surface area contributed by atoms with Crippen LogP contribution in [0.4, 0.5) is 15.8 Å². The lowest BCUT2D eigenvalue weighted by molar-refractivity contribution is 0.0939. The van der Waals surface area contributed by atoms with Gasteiger partial charge in [0.1, 0.15) is 0 Å². The molecule has 0 aliphatic carbocycles. The van der Waals surface area contributed by atoms with E-state index in [1.54, 1.807) is 18.3 Å². The lowest BCUT2D eigenvalue weighted by Crippen LogP contribution is -2.35. The number of anilines is 2. The molecule has 1 saturated heterocycles. The second-order valence-corrected chi connectivity index (χ2v) is 9.96. The molecule has 192 valence electrons. The molecule has 36 heavy (non-hydrogen) atoms. The van der Waals surface area contributed by atoms with E-state index in [4.69, 9.17) is 4.74 Å². The summed E-state index contributed by atoms with van der Waals surface area (Å²) in [4.78, 5) is 23.4. The predicted octanol–water partition coefficient (Wildman–Crippen LogP) is 3.90. The molecule has 0 bridgehead atoms. The molecule has 8 nitrogen and oxygen atoms in total. The second-order valence-electron chi connectivity index (χ2n) is 9.96. The lowest BCUT2D eigenvalue weighted by atomic mass is 9.88. The smallest absolute Gasteiger partial charge is 0.255 e. The van der Waals surface area contributed by atoms with Crippen LogP contribution in [0.3, 0.4) is 0 Å². The minimum atomic E-state index is -0.471. The van der Waals surface area contributed by atoms with Crippen LogP contribution in [0.15, 0.2) is 35.5 Å². The molecule has 2 aromatic rings. The van der Waals surface area contributed by atoms with Gasteiger partial charge in [-0.3, -0.25) is 9.79 Å². The summed E-state index contributed by atoms with van der Waals surface area (Å²) in [7, 11) is 1.43. The number of allylic oxidation sites excluding steroid dienone is 1. The topological polar surface area (TPSA) is 102 Å². The third-order valence-electron chi connectivity index (χ3n) is 7.51. The summed E-state index contributed by atoms with van der Waals surface area (Å²) in [6.45, 7) is 5.24. The molecule has 9 heteroatoms. The van der Waals surface area contributed by atoms with Gasteiger partial charge < -0.3 is 30.4 Å². The number of nitrogens with one attached hydrogen (secondary N) is 3. The summed E-state index contributed by atoms with van der Waals surface area (Å²) in [5, 5.41) is 16.2. The molecule has 0 radical (unpaired) electrons. The SMILES string of the molecule is COc1c(F)cccc1Nc1c(C2C=CN=CC2C)[nH]c2c1C(=O)NCC2CCCN1CCC(O)C1. The molecule has 3 aliphatic heterocycles. The number of benzene rings is 1. The number of methoxy groups -OCH3 is 1. The third kappa shape index (κ3) is 4.77. The van der Waals surface area contributed by atoms with Crippen LogP contribution in [0.25, 0.3) is 0 Å². The Hall–Kier alpha value is -3.17. The van der Waals surface area contributed by atoms with E-state index in [9.17, 15) is 14.3 Å². The number of H-pyrrole nitrogens is 1. The standard InChI is InChI=1S/C27H34FN5O3/c1-16-13-29-10-8-19(16)24-25(31-21-7-3-6-20(28)26(21)36-2)22-23(32-24)17(14-30-27(22)35)5-4-11-33-12-9-18(34)15-33/h3,6-8,10,13,16-19,31-32,34H,4-5,9,11-12,14-15H2,1-2H3,(H,30,35). The Morgan fingerprint density at radius 3 is 2.94 bits per heavy atom. The maximum absolute atomic E-state index is 14.5. The summed E-state index contributed by atoms with van der Waals surface area (Å²) in [6.07, 6.45) is 8.19. The average Bonchev–Trinajstić information content (AvgIpc) is 3.45. The number of ether oxygens (including phenoxy) is 1. The van der Waals surface area contributed by atoms with Crippen LogP contribution >= 0.6 is 0 Å². The Kier molecular flexibility index (Phi) is 7.11. The summed E-state index contributed by atoms with van der Waals surface area (Å²) >= 11 is 0. The van der Waals surface area contributed by atoms with Gasteiger partial charge in [-0.25, -0.2) is 4.39 Å². The maximum Gasteiger partial charge on any atom is 0.255 e. The number of aromatic amines is 1. The summed E-state index contributed by atoms with van der Waals surface area (Å²) < 4.78 is 19.8. The van der Waals surface area contributed by atoms with Gasteiger partial charge in [0.25, 0.3) is 5.91 Å². The number of likely N-dealkylation sites (tertiary alicyclic amines) is 1. The molecule has 4 atom stereocenters. The van der Waals surface area contributed by atoms with Crippen LogP contribution in [0, 0.1) is 11.7 Å². The van der Waals surface area contributed by atoms with E-state index in [-0.39, 0.29) is 35.5 Å². The first-order valence-electron chi connectivity index (χ1n) is 12.7. The summed E-state index contributed by atoms with van der Waals surface area (Å²) in [5.74, 6) is -0.285. The van der Waals surface area contributed by atoms with Crippen molar-refractivity contribution >= 4 is 23.5 Å². The van der Waals surface area contributed by atoms with Gasteiger partial charge in [0.05, 0.1) is 30.2 Å². The number of aliphatic hydroxyl groups is 1. The molecule has 4 heterocycles. The highest BCUT2D eigenvalue weighted by Crippen LogP contribution is 2.43. The van der Waals surface area contributed by atoms with E-state index in [2.05, 4.69) is 32.4 Å². The van der Waals surface area contributed by atoms with Crippen LogP contribution < -0.4 is 15.4 Å². The molecule has 4 unspecified atom stereocenters. The van der Waals surface area contributed by atoms with E-state index < -0.39 is 5.82 Å². The van der Waals surface area contributed by atoms with Crippen LogP contribution in [0.1, 0.15) is 59.8 Å². The number of aliphatic imine (C=N–C) groups is 1. The van der Waals surface area contributed by atoms with Gasteiger partial charge in [-0.05, 0) is 37.9 Å². The van der Waals surface area contributed by atoms with Gasteiger partial charge in [-0.1, -0.05) is 19.1 Å². The largest absolute Gasteiger partial charge is 0.492 e. The van der Waals surface area contributed by atoms with E-state index in [1.807, 2.05) is 12.3 Å². The first-order valence-corrected chi connectivity index (χ1v) is 12.7. The lowest BCUT2D eigenvalue weighted by Gasteiger charge is -2.25. The average molecular weight is 496 g/mol. The van der Waals surface area contributed by atoms with Crippen molar-refractivity contribution in [3.05, 3.63) is 53.2 Å². The molecule has 1 aromatic carbocycles. The van der Waals surface area contributed by atoms with Crippen molar-refractivity contribution < 1.29 is 19.0 Å². The molecular weight excluding hydrogens is 461 g/mol. The number of hydrogen-bond donors (Lipinski definition) is 4. The number of amides is 1. The fraction of sp³-hybridized carbons (Fsp3) is 0.481. The molecule has 1 aromatic heterocycles. The number of fused-ring (bicyclic) bond motifs is 1. The van der Waals surface area contributed by atoms with Crippen LogP contribution in [0.2, 0.25) is 0 Å².